The molecule has 0 aliphatic carbocycles. The monoisotopic (exact) mass is 599 g/mol. The minimum atomic E-state index is 0.900. The Morgan fingerprint density at radius 1 is 0.340 bits per heavy atom. The third-order valence-corrected chi connectivity index (χ3v) is 9.94. The van der Waals surface area contributed by atoms with Crippen LogP contribution in [0, 0.1) is 0 Å². The summed E-state index contributed by atoms with van der Waals surface area (Å²) in [6.45, 7) is 0. The van der Waals surface area contributed by atoms with Crippen molar-refractivity contribution in [3.05, 3.63) is 152 Å². The summed E-state index contributed by atoms with van der Waals surface area (Å²) in [6, 6.07) is 54.3. The molecule has 0 bridgehead atoms. The molecule has 0 aliphatic heterocycles. The van der Waals surface area contributed by atoms with Crippen molar-refractivity contribution in [1.29, 1.82) is 0 Å². The third-order valence-electron chi connectivity index (χ3n) is 9.94. The number of benzene rings is 8. The molecule has 0 atom stereocenters. The second-order valence-electron chi connectivity index (χ2n) is 12.5. The number of aromatic nitrogens is 1. The third kappa shape index (κ3) is 3.46. The topological polar surface area (TPSA) is 31.2 Å². The van der Waals surface area contributed by atoms with Gasteiger partial charge in [-0.05, 0) is 105 Å². The van der Waals surface area contributed by atoms with Gasteiger partial charge in [0.2, 0.25) is 0 Å². The van der Waals surface area contributed by atoms with Crippen LogP contribution in [0.1, 0.15) is 0 Å². The SMILES string of the molecule is c1ccc(-n2c3ccccc3c3cc4c(-c5ccc6oc7ccccc7c6c5)cc5cc6oc7ccccc7c6cc5c4cc32)cc1. The summed E-state index contributed by atoms with van der Waals surface area (Å²) < 4.78 is 15.0. The number of hydrogen-bond acceptors (Lipinski definition) is 2. The fraction of sp³-hybridized carbons (Fsp3) is 0. The second-order valence-corrected chi connectivity index (χ2v) is 12.5. The van der Waals surface area contributed by atoms with Crippen LogP contribution in [0.2, 0.25) is 0 Å². The van der Waals surface area contributed by atoms with E-state index in [2.05, 4.69) is 138 Å². The molecular formula is C44H25NO2. The van der Waals surface area contributed by atoms with Crippen molar-refractivity contribution in [1.82, 2.24) is 4.57 Å². The first kappa shape index (κ1) is 24.9. The molecule has 0 aliphatic rings. The van der Waals surface area contributed by atoms with Crippen molar-refractivity contribution in [2.24, 2.45) is 0 Å². The van der Waals surface area contributed by atoms with Gasteiger partial charge in [-0.15, -0.1) is 0 Å². The predicted molar refractivity (Wildman–Crippen MR) is 196 cm³/mol. The molecule has 47 heavy (non-hydrogen) atoms. The number of furan rings is 2. The highest BCUT2D eigenvalue weighted by atomic mass is 16.3. The van der Waals surface area contributed by atoms with Crippen LogP contribution in [0.3, 0.4) is 0 Å². The zero-order valence-electron chi connectivity index (χ0n) is 25.2. The van der Waals surface area contributed by atoms with Crippen molar-refractivity contribution in [3.8, 4) is 16.8 Å². The van der Waals surface area contributed by atoms with Crippen LogP contribution in [0.4, 0.5) is 0 Å². The molecule has 0 radical (unpaired) electrons. The zero-order valence-corrected chi connectivity index (χ0v) is 25.2. The Morgan fingerprint density at radius 2 is 0.979 bits per heavy atom. The quantitative estimate of drug-likeness (QED) is 0.185. The zero-order chi connectivity index (χ0) is 30.6. The normalized spacial score (nSPS) is 12.3. The molecule has 3 heterocycles. The van der Waals surface area contributed by atoms with Crippen LogP contribution >= 0.6 is 0 Å². The lowest BCUT2D eigenvalue weighted by Gasteiger charge is -2.14. The van der Waals surface area contributed by atoms with E-state index in [1.165, 1.54) is 43.5 Å². The lowest BCUT2D eigenvalue weighted by molar-refractivity contribution is 0.669. The molecule has 8 aromatic carbocycles. The molecule has 11 rings (SSSR count). The van der Waals surface area contributed by atoms with Crippen LogP contribution in [-0.4, -0.2) is 4.57 Å². The number of fused-ring (bicyclic) bond motifs is 12. The molecule has 0 unspecified atom stereocenters. The number of rotatable bonds is 2. The minimum Gasteiger partial charge on any atom is -0.456 e. The van der Waals surface area contributed by atoms with E-state index in [9.17, 15) is 0 Å². The Labute approximate surface area is 268 Å². The van der Waals surface area contributed by atoms with Gasteiger partial charge in [-0.2, -0.15) is 0 Å². The molecule has 0 saturated carbocycles. The predicted octanol–water partition coefficient (Wildman–Crippen LogP) is 12.6. The first-order chi connectivity index (χ1) is 23.3. The molecular weight excluding hydrogens is 574 g/mol. The Morgan fingerprint density at radius 3 is 1.79 bits per heavy atom. The number of hydrogen-bond donors (Lipinski definition) is 0. The van der Waals surface area contributed by atoms with Gasteiger partial charge in [0.25, 0.3) is 0 Å². The van der Waals surface area contributed by atoms with Gasteiger partial charge in [0.15, 0.2) is 0 Å². The summed E-state index contributed by atoms with van der Waals surface area (Å²) in [7, 11) is 0. The Kier molecular flexibility index (Phi) is 4.84. The molecule has 3 heteroatoms. The first-order valence-electron chi connectivity index (χ1n) is 16.0. The molecule has 0 N–H and O–H groups in total. The van der Waals surface area contributed by atoms with E-state index in [0.29, 0.717) is 0 Å². The van der Waals surface area contributed by atoms with Crippen molar-refractivity contribution < 1.29 is 8.83 Å². The largest absolute Gasteiger partial charge is 0.456 e. The molecule has 11 aromatic rings. The van der Waals surface area contributed by atoms with Gasteiger partial charge in [-0.3, -0.25) is 0 Å². The smallest absolute Gasteiger partial charge is 0.136 e. The maximum Gasteiger partial charge on any atom is 0.136 e. The van der Waals surface area contributed by atoms with Crippen molar-refractivity contribution in [2.45, 2.75) is 0 Å². The van der Waals surface area contributed by atoms with E-state index in [4.69, 9.17) is 8.83 Å². The maximum absolute atomic E-state index is 6.38. The van der Waals surface area contributed by atoms with Crippen LogP contribution in [0.25, 0.3) is 104 Å². The fourth-order valence-corrected chi connectivity index (χ4v) is 7.82. The van der Waals surface area contributed by atoms with E-state index < -0.39 is 0 Å². The molecule has 0 spiro atoms. The molecule has 3 aromatic heterocycles. The van der Waals surface area contributed by atoms with Crippen molar-refractivity contribution in [3.63, 3.8) is 0 Å². The molecule has 0 amide bonds. The second kappa shape index (κ2) is 9.12. The number of para-hydroxylation sites is 4. The molecule has 3 nitrogen and oxygen atoms in total. The summed E-state index contributed by atoms with van der Waals surface area (Å²) in [4.78, 5) is 0. The lowest BCUT2D eigenvalue weighted by atomic mass is 9.91. The van der Waals surface area contributed by atoms with E-state index in [1.54, 1.807) is 0 Å². The summed E-state index contributed by atoms with van der Waals surface area (Å²) in [5.41, 5.74) is 9.51. The molecule has 0 saturated heterocycles. The molecule has 0 fully saturated rings. The van der Waals surface area contributed by atoms with Crippen molar-refractivity contribution in [2.75, 3.05) is 0 Å². The Bertz CT molecular complexity index is 3070. The standard InChI is InChI=1S/C44H25NO2/c1-2-10-28(11-3-1)45-39-15-7-4-12-29(39)36-24-34-32(26-18-19-43-37(20-26)30-13-5-8-16-41(30)46-43)21-27-22-44-38(23-33(27)35(34)25-40(36)45)31-14-6-9-17-42(31)47-44/h1-25H. The van der Waals surface area contributed by atoms with Gasteiger partial charge in [0, 0.05) is 38.0 Å². The van der Waals surface area contributed by atoms with E-state index in [-0.39, 0.29) is 0 Å². The Hall–Kier alpha value is -6.32. The maximum atomic E-state index is 6.38. The van der Waals surface area contributed by atoms with E-state index in [0.717, 1.165) is 60.5 Å². The summed E-state index contributed by atoms with van der Waals surface area (Å²) in [6.07, 6.45) is 0. The van der Waals surface area contributed by atoms with Crippen LogP contribution in [0.5, 0.6) is 0 Å². The van der Waals surface area contributed by atoms with E-state index >= 15 is 0 Å². The van der Waals surface area contributed by atoms with Crippen LogP contribution in [0.15, 0.2) is 160 Å². The van der Waals surface area contributed by atoms with Crippen molar-refractivity contribution >= 4 is 87.2 Å². The van der Waals surface area contributed by atoms with Gasteiger partial charge in [-0.1, -0.05) is 78.9 Å². The summed E-state index contributed by atoms with van der Waals surface area (Å²) >= 11 is 0. The Balaban J connectivity index is 1.32. The summed E-state index contributed by atoms with van der Waals surface area (Å²) in [5, 5.41) is 11.8. The number of nitrogens with zero attached hydrogens (tertiary/aromatic N) is 1. The van der Waals surface area contributed by atoms with Gasteiger partial charge < -0.3 is 13.4 Å². The lowest BCUT2D eigenvalue weighted by Crippen LogP contribution is -1.93. The van der Waals surface area contributed by atoms with Crippen LogP contribution in [-0.2, 0) is 0 Å². The average molecular weight is 600 g/mol. The van der Waals surface area contributed by atoms with Gasteiger partial charge in [0.05, 0.1) is 11.0 Å². The fourth-order valence-electron chi connectivity index (χ4n) is 7.82. The first-order valence-corrected chi connectivity index (χ1v) is 16.0. The summed E-state index contributed by atoms with van der Waals surface area (Å²) in [5.74, 6) is 0. The van der Waals surface area contributed by atoms with Crippen LogP contribution < -0.4 is 0 Å². The van der Waals surface area contributed by atoms with Gasteiger partial charge in [-0.25, -0.2) is 0 Å². The van der Waals surface area contributed by atoms with E-state index in [1.807, 2.05) is 18.2 Å². The van der Waals surface area contributed by atoms with Gasteiger partial charge in [0.1, 0.15) is 22.3 Å². The highest BCUT2D eigenvalue weighted by Crippen LogP contribution is 2.44. The highest BCUT2D eigenvalue weighted by Gasteiger charge is 2.19. The van der Waals surface area contributed by atoms with Gasteiger partial charge >= 0.3 is 0 Å². The molecule has 218 valence electrons. The minimum absolute atomic E-state index is 0.900. The highest BCUT2D eigenvalue weighted by molar-refractivity contribution is 6.24. The average Bonchev–Trinajstić information content (AvgIpc) is 3.78.